The number of aromatic nitrogens is 4. The highest BCUT2D eigenvalue weighted by Crippen LogP contribution is 2.04. The van der Waals surface area contributed by atoms with Crippen molar-refractivity contribution in [1.82, 2.24) is 25.3 Å². The average Bonchev–Trinajstić information content (AvgIpc) is 2.98. The number of rotatable bonds is 7. The molecule has 2 aromatic heterocycles. The van der Waals surface area contributed by atoms with Crippen LogP contribution in [0.2, 0.25) is 0 Å². The van der Waals surface area contributed by atoms with Crippen molar-refractivity contribution in [1.29, 1.82) is 0 Å². The second-order valence-electron chi connectivity index (χ2n) is 3.62. The Morgan fingerprint density at radius 3 is 3.12 bits per heavy atom. The number of nitrogens with one attached hydrogen (secondary N) is 1. The van der Waals surface area contributed by atoms with Crippen LogP contribution in [0.15, 0.2) is 17.9 Å². The molecular formula is C10H15N5OS. The standard InChI is InChI=1S/C10H15N5OS/c16-3-1-2-15-7-9(13-14-15)4-11-5-10-6-12-8-17-10/h6-8,11,16H,1-5H2. The van der Waals surface area contributed by atoms with Gasteiger partial charge in [0, 0.05) is 43.5 Å². The maximum absolute atomic E-state index is 8.70. The largest absolute Gasteiger partial charge is 0.396 e. The molecule has 0 aliphatic carbocycles. The van der Waals surface area contributed by atoms with Gasteiger partial charge in [-0.05, 0) is 6.42 Å². The van der Waals surface area contributed by atoms with Gasteiger partial charge in [-0.3, -0.25) is 9.67 Å². The third-order valence-corrected chi connectivity index (χ3v) is 3.00. The number of aliphatic hydroxyl groups is 1. The van der Waals surface area contributed by atoms with Crippen LogP contribution in [-0.2, 0) is 19.6 Å². The number of nitrogens with zero attached hydrogens (tertiary/aromatic N) is 4. The first-order valence-corrected chi connectivity index (χ1v) is 6.34. The first-order valence-electron chi connectivity index (χ1n) is 5.46. The summed E-state index contributed by atoms with van der Waals surface area (Å²) in [6.45, 7) is 2.38. The van der Waals surface area contributed by atoms with Crippen LogP contribution in [0.5, 0.6) is 0 Å². The second-order valence-corrected chi connectivity index (χ2v) is 4.59. The molecule has 0 radical (unpaired) electrons. The molecule has 0 saturated carbocycles. The maximum atomic E-state index is 8.70. The van der Waals surface area contributed by atoms with Gasteiger partial charge < -0.3 is 10.4 Å². The highest BCUT2D eigenvalue weighted by atomic mass is 32.1. The van der Waals surface area contributed by atoms with Crippen molar-refractivity contribution in [2.75, 3.05) is 6.61 Å². The van der Waals surface area contributed by atoms with E-state index in [-0.39, 0.29) is 6.61 Å². The number of thiazole rings is 1. The van der Waals surface area contributed by atoms with Crippen LogP contribution in [0.1, 0.15) is 17.0 Å². The smallest absolute Gasteiger partial charge is 0.0964 e. The normalized spacial score (nSPS) is 10.9. The summed E-state index contributed by atoms with van der Waals surface area (Å²) in [5, 5.41) is 20.0. The van der Waals surface area contributed by atoms with E-state index in [2.05, 4.69) is 20.6 Å². The van der Waals surface area contributed by atoms with Gasteiger partial charge in [0.1, 0.15) is 0 Å². The zero-order valence-corrected chi connectivity index (χ0v) is 10.2. The summed E-state index contributed by atoms with van der Waals surface area (Å²) in [6.07, 6.45) is 4.46. The summed E-state index contributed by atoms with van der Waals surface area (Å²) in [6, 6.07) is 0. The predicted molar refractivity (Wildman–Crippen MR) is 64.4 cm³/mol. The lowest BCUT2D eigenvalue weighted by Crippen LogP contribution is -2.12. The monoisotopic (exact) mass is 253 g/mol. The van der Waals surface area contributed by atoms with E-state index in [0.717, 1.165) is 12.2 Å². The zero-order valence-electron chi connectivity index (χ0n) is 9.41. The van der Waals surface area contributed by atoms with Gasteiger partial charge in [-0.1, -0.05) is 5.21 Å². The van der Waals surface area contributed by atoms with Crippen molar-refractivity contribution in [3.05, 3.63) is 28.5 Å². The maximum Gasteiger partial charge on any atom is 0.0964 e. The molecule has 92 valence electrons. The SMILES string of the molecule is OCCCn1cc(CNCc2cncs2)nn1. The molecule has 0 saturated heterocycles. The van der Waals surface area contributed by atoms with Crippen LogP contribution in [0.25, 0.3) is 0 Å². The minimum absolute atomic E-state index is 0.179. The minimum atomic E-state index is 0.179. The van der Waals surface area contributed by atoms with Crippen LogP contribution in [0.3, 0.4) is 0 Å². The number of hydrogen-bond donors (Lipinski definition) is 2. The summed E-state index contributed by atoms with van der Waals surface area (Å²) in [7, 11) is 0. The number of aliphatic hydroxyl groups excluding tert-OH is 1. The summed E-state index contributed by atoms with van der Waals surface area (Å²) < 4.78 is 1.75. The van der Waals surface area contributed by atoms with Crippen LogP contribution < -0.4 is 5.32 Å². The van der Waals surface area contributed by atoms with Crippen molar-refractivity contribution < 1.29 is 5.11 Å². The van der Waals surface area contributed by atoms with E-state index < -0.39 is 0 Å². The average molecular weight is 253 g/mol. The molecule has 0 aliphatic heterocycles. The molecule has 6 nitrogen and oxygen atoms in total. The third-order valence-electron chi connectivity index (χ3n) is 2.22. The zero-order chi connectivity index (χ0) is 11.9. The Morgan fingerprint density at radius 2 is 2.35 bits per heavy atom. The number of aryl methyl sites for hydroxylation is 1. The van der Waals surface area contributed by atoms with Gasteiger partial charge in [0.05, 0.1) is 11.2 Å². The van der Waals surface area contributed by atoms with E-state index in [4.69, 9.17) is 5.11 Å². The Morgan fingerprint density at radius 1 is 1.41 bits per heavy atom. The molecule has 0 atom stereocenters. The molecule has 2 heterocycles. The van der Waals surface area contributed by atoms with Crippen molar-refractivity contribution in [3.8, 4) is 0 Å². The van der Waals surface area contributed by atoms with Crippen LogP contribution in [0, 0.1) is 0 Å². The molecule has 2 N–H and O–H groups in total. The molecule has 0 aromatic carbocycles. The summed E-state index contributed by atoms with van der Waals surface area (Å²) >= 11 is 1.63. The first-order chi connectivity index (χ1) is 8.38. The fraction of sp³-hybridized carbons (Fsp3) is 0.500. The van der Waals surface area contributed by atoms with E-state index in [9.17, 15) is 0 Å². The van der Waals surface area contributed by atoms with E-state index in [1.165, 1.54) is 4.88 Å². The highest BCUT2D eigenvalue weighted by Gasteiger charge is 2.00. The van der Waals surface area contributed by atoms with Crippen molar-refractivity contribution in [3.63, 3.8) is 0 Å². The van der Waals surface area contributed by atoms with Gasteiger partial charge in [-0.2, -0.15) is 0 Å². The Bertz CT molecular complexity index is 428. The highest BCUT2D eigenvalue weighted by molar-refractivity contribution is 7.09. The first kappa shape index (κ1) is 12.2. The van der Waals surface area contributed by atoms with Crippen molar-refractivity contribution in [2.24, 2.45) is 0 Å². The van der Waals surface area contributed by atoms with Crippen LogP contribution in [0.4, 0.5) is 0 Å². The number of hydrogen-bond acceptors (Lipinski definition) is 6. The topological polar surface area (TPSA) is 75.9 Å². The van der Waals surface area contributed by atoms with E-state index in [1.54, 1.807) is 16.0 Å². The fourth-order valence-corrected chi connectivity index (χ4v) is 1.97. The lowest BCUT2D eigenvalue weighted by Gasteiger charge is -1.98. The molecule has 0 unspecified atom stereocenters. The molecule has 0 fully saturated rings. The van der Waals surface area contributed by atoms with E-state index in [1.807, 2.05) is 17.9 Å². The Hall–Kier alpha value is -1.31. The molecular weight excluding hydrogens is 238 g/mol. The predicted octanol–water partition coefficient (Wildman–Crippen LogP) is 0.407. The Balaban J connectivity index is 1.73. The Kier molecular flexibility index (Phi) is 4.60. The van der Waals surface area contributed by atoms with E-state index >= 15 is 0 Å². The van der Waals surface area contributed by atoms with Gasteiger partial charge in [-0.25, -0.2) is 0 Å². The molecule has 0 aliphatic rings. The minimum Gasteiger partial charge on any atom is -0.396 e. The summed E-state index contributed by atoms with van der Waals surface area (Å²) in [5.74, 6) is 0. The van der Waals surface area contributed by atoms with Gasteiger partial charge in [0.2, 0.25) is 0 Å². The van der Waals surface area contributed by atoms with Gasteiger partial charge in [-0.15, -0.1) is 16.4 Å². The van der Waals surface area contributed by atoms with Crippen LogP contribution >= 0.6 is 11.3 Å². The Labute approximate surface area is 103 Å². The molecule has 0 amide bonds. The van der Waals surface area contributed by atoms with Gasteiger partial charge >= 0.3 is 0 Å². The van der Waals surface area contributed by atoms with Crippen molar-refractivity contribution in [2.45, 2.75) is 26.1 Å². The third kappa shape index (κ3) is 3.88. The molecule has 2 aromatic rings. The van der Waals surface area contributed by atoms with Gasteiger partial charge in [0.25, 0.3) is 0 Å². The molecule has 0 spiro atoms. The van der Waals surface area contributed by atoms with Crippen molar-refractivity contribution >= 4 is 11.3 Å². The quantitative estimate of drug-likeness (QED) is 0.747. The lowest BCUT2D eigenvalue weighted by molar-refractivity contribution is 0.276. The molecule has 2 rings (SSSR count). The summed E-state index contributed by atoms with van der Waals surface area (Å²) in [5.41, 5.74) is 2.73. The molecule has 17 heavy (non-hydrogen) atoms. The lowest BCUT2D eigenvalue weighted by atomic mass is 10.4. The fourth-order valence-electron chi connectivity index (χ4n) is 1.40. The molecule has 0 bridgehead atoms. The van der Waals surface area contributed by atoms with Crippen LogP contribution in [-0.4, -0.2) is 31.7 Å². The van der Waals surface area contributed by atoms with E-state index in [0.29, 0.717) is 19.5 Å². The summed E-state index contributed by atoms with van der Waals surface area (Å²) in [4.78, 5) is 5.21. The second kappa shape index (κ2) is 6.43. The molecule has 7 heteroatoms. The van der Waals surface area contributed by atoms with Gasteiger partial charge in [0.15, 0.2) is 0 Å².